The Morgan fingerprint density at radius 2 is 2.04 bits per heavy atom. The third kappa shape index (κ3) is 6.66. The number of pyridine rings is 1. The normalized spacial score (nSPS) is 13.9. The Hall–Kier alpha value is -2.21. The minimum atomic E-state index is -0.280. The molecule has 0 bridgehead atoms. The highest BCUT2D eigenvalue weighted by molar-refractivity contribution is 5.98. The summed E-state index contributed by atoms with van der Waals surface area (Å²) in [6.45, 7) is 1.72. The molecule has 1 heterocycles. The first kappa shape index (κ1) is 19.1. The molecule has 136 valence electrons. The largest absolute Gasteiger partial charge is 0.385 e. The number of rotatable bonds is 9. The quantitative estimate of drug-likeness (QED) is 0.532. The van der Waals surface area contributed by atoms with Crippen molar-refractivity contribution in [3.8, 4) is 0 Å². The molecular formula is C19H27N3O3. The zero-order valence-electron chi connectivity index (χ0n) is 14.8. The van der Waals surface area contributed by atoms with E-state index in [1.165, 1.54) is 30.7 Å². The number of nitrogens with zero attached hydrogens (tertiary/aromatic N) is 1. The van der Waals surface area contributed by atoms with E-state index in [4.69, 9.17) is 4.74 Å². The van der Waals surface area contributed by atoms with Crippen molar-refractivity contribution in [1.82, 2.24) is 15.6 Å². The minimum absolute atomic E-state index is 0.174. The molecule has 1 aliphatic rings. The van der Waals surface area contributed by atoms with Gasteiger partial charge in [0.1, 0.15) is 5.69 Å². The monoisotopic (exact) mass is 345 g/mol. The highest BCUT2D eigenvalue weighted by atomic mass is 16.5. The van der Waals surface area contributed by atoms with Gasteiger partial charge < -0.3 is 15.4 Å². The Morgan fingerprint density at radius 3 is 2.80 bits per heavy atom. The van der Waals surface area contributed by atoms with E-state index in [2.05, 4.69) is 21.7 Å². The van der Waals surface area contributed by atoms with Crippen LogP contribution in [0.4, 0.5) is 0 Å². The second-order valence-corrected chi connectivity index (χ2v) is 6.15. The number of hydrogen-bond acceptors (Lipinski definition) is 4. The van der Waals surface area contributed by atoms with Crippen molar-refractivity contribution >= 4 is 11.8 Å². The number of hydrogen-bond donors (Lipinski definition) is 2. The summed E-state index contributed by atoms with van der Waals surface area (Å²) in [6.07, 6.45) is 10.2. The summed E-state index contributed by atoms with van der Waals surface area (Å²) >= 11 is 0. The van der Waals surface area contributed by atoms with Gasteiger partial charge in [-0.1, -0.05) is 11.6 Å². The first-order chi connectivity index (χ1) is 12.2. The fraction of sp³-hybridized carbons (Fsp3) is 0.526. The molecule has 0 saturated heterocycles. The lowest BCUT2D eigenvalue weighted by molar-refractivity contribution is 0.0943. The van der Waals surface area contributed by atoms with Gasteiger partial charge in [0.15, 0.2) is 0 Å². The number of aromatic nitrogens is 1. The van der Waals surface area contributed by atoms with E-state index in [0.29, 0.717) is 25.3 Å². The van der Waals surface area contributed by atoms with Crippen LogP contribution in [0.5, 0.6) is 0 Å². The van der Waals surface area contributed by atoms with E-state index in [1.54, 1.807) is 13.2 Å². The van der Waals surface area contributed by atoms with Gasteiger partial charge in [-0.05, 0) is 50.7 Å². The van der Waals surface area contributed by atoms with Crippen LogP contribution in [-0.4, -0.2) is 43.6 Å². The predicted molar refractivity (Wildman–Crippen MR) is 96.6 cm³/mol. The lowest BCUT2D eigenvalue weighted by Gasteiger charge is -2.13. The second-order valence-electron chi connectivity index (χ2n) is 6.15. The number of nitrogens with one attached hydrogen (secondary N) is 2. The van der Waals surface area contributed by atoms with Crippen molar-refractivity contribution in [2.75, 3.05) is 26.8 Å². The smallest absolute Gasteiger partial charge is 0.269 e. The summed E-state index contributed by atoms with van der Waals surface area (Å²) in [5, 5.41) is 5.68. The van der Waals surface area contributed by atoms with Crippen molar-refractivity contribution < 1.29 is 14.3 Å². The minimum Gasteiger partial charge on any atom is -0.385 e. The number of methoxy groups -OCH3 is 1. The van der Waals surface area contributed by atoms with Gasteiger partial charge in [0, 0.05) is 38.6 Å². The third-order valence-corrected chi connectivity index (χ3v) is 4.18. The van der Waals surface area contributed by atoms with Crippen LogP contribution in [0.1, 0.15) is 59.4 Å². The fourth-order valence-electron chi connectivity index (χ4n) is 2.78. The number of ether oxygens (including phenoxy) is 1. The molecule has 0 radical (unpaired) electrons. The molecule has 0 fully saturated rings. The van der Waals surface area contributed by atoms with Crippen LogP contribution in [0.3, 0.4) is 0 Å². The zero-order valence-corrected chi connectivity index (χ0v) is 14.8. The van der Waals surface area contributed by atoms with Crippen molar-refractivity contribution in [2.45, 2.75) is 38.5 Å². The molecule has 0 unspecified atom stereocenters. The van der Waals surface area contributed by atoms with E-state index in [-0.39, 0.29) is 17.5 Å². The van der Waals surface area contributed by atoms with Crippen LogP contribution in [-0.2, 0) is 4.74 Å². The molecule has 6 heteroatoms. The third-order valence-electron chi connectivity index (χ3n) is 4.18. The highest BCUT2D eigenvalue weighted by Gasteiger charge is 2.12. The summed E-state index contributed by atoms with van der Waals surface area (Å²) in [7, 11) is 1.62. The molecule has 0 spiro atoms. The Morgan fingerprint density at radius 1 is 1.20 bits per heavy atom. The van der Waals surface area contributed by atoms with E-state index in [9.17, 15) is 9.59 Å². The molecule has 0 saturated carbocycles. The molecule has 2 rings (SSSR count). The van der Waals surface area contributed by atoms with Gasteiger partial charge >= 0.3 is 0 Å². The van der Waals surface area contributed by atoms with Gasteiger partial charge in [0.2, 0.25) is 0 Å². The predicted octanol–water partition coefficient (Wildman–Crippen LogP) is 2.47. The molecular weight excluding hydrogens is 318 g/mol. The average molecular weight is 345 g/mol. The maximum Gasteiger partial charge on any atom is 0.269 e. The fourth-order valence-corrected chi connectivity index (χ4v) is 2.78. The molecule has 1 aromatic heterocycles. The molecule has 1 aliphatic carbocycles. The first-order valence-corrected chi connectivity index (χ1v) is 8.90. The molecule has 0 atom stereocenters. The molecule has 2 amide bonds. The number of carbonyl (C=O) groups excluding carboxylic acids is 2. The Kier molecular flexibility index (Phi) is 8.12. The Labute approximate surface area is 149 Å². The molecule has 1 aromatic rings. The standard InChI is InChI=1S/C19H27N3O3/c1-25-13-5-10-21-19(24)17-14-16(9-12-20-17)18(23)22-11-8-15-6-3-2-4-7-15/h6,9,12,14H,2-5,7-8,10-11,13H2,1H3,(H,21,24)(H,22,23). The van der Waals surface area contributed by atoms with Crippen molar-refractivity contribution in [2.24, 2.45) is 0 Å². The summed E-state index contributed by atoms with van der Waals surface area (Å²) < 4.78 is 4.94. The zero-order chi connectivity index (χ0) is 17.9. The van der Waals surface area contributed by atoms with Crippen LogP contribution < -0.4 is 10.6 Å². The maximum absolute atomic E-state index is 12.3. The maximum atomic E-state index is 12.3. The van der Waals surface area contributed by atoms with Gasteiger partial charge in [-0.15, -0.1) is 0 Å². The van der Waals surface area contributed by atoms with E-state index in [0.717, 1.165) is 25.7 Å². The summed E-state index contributed by atoms with van der Waals surface area (Å²) in [4.78, 5) is 28.3. The number of carbonyl (C=O) groups is 2. The van der Waals surface area contributed by atoms with Gasteiger partial charge in [-0.3, -0.25) is 14.6 Å². The average Bonchev–Trinajstić information content (AvgIpc) is 2.66. The SMILES string of the molecule is COCCCNC(=O)c1cc(C(=O)NCCC2=CCCCC2)ccn1. The van der Waals surface area contributed by atoms with E-state index < -0.39 is 0 Å². The first-order valence-electron chi connectivity index (χ1n) is 8.90. The molecule has 6 nitrogen and oxygen atoms in total. The van der Waals surface area contributed by atoms with Gasteiger partial charge in [0.25, 0.3) is 11.8 Å². The highest BCUT2D eigenvalue weighted by Crippen LogP contribution is 2.19. The second kappa shape index (κ2) is 10.6. The van der Waals surface area contributed by atoms with E-state index >= 15 is 0 Å². The summed E-state index contributed by atoms with van der Waals surface area (Å²) in [5.74, 6) is -0.453. The van der Waals surface area contributed by atoms with Crippen molar-refractivity contribution in [1.29, 1.82) is 0 Å². The number of allylic oxidation sites excluding steroid dienone is 1. The topological polar surface area (TPSA) is 80.3 Å². The van der Waals surface area contributed by atoms with Gasteiger partial charge in [-0.2, -0.15) is 0 Å². The molecule has 2 N–H and O–H groups in total. The van der Waals surface area contributed by atoms with Crippen LogP contribution in [0, 0.1) is 0 Å². The number of amides is 2. The van der Waals surface area contributed by atoms with Crippen molar-refractivity contribution in [3.63, 3.8) is 0 Å². The van der Waals surface area contributed by atoms with Crippen LogP contribution in [0.2, 0.25) is 0 Å². The molecule has 0 aromatic carbocycles. The summed E-state index contributed by atoms with van der Waals surface area (Å²) in [6, 6.07) is 3.15. The molecule has 0 aliphatic heterocycles. The summed E-state index contributed by atoms with van der Waals surface area (Å²) in [5.41, 5.74) is 2.13. The Bertz CT molecular complexity index is 614. The van der Waals surface area contributed by atoms with Gasteiger partial charge in [0.05, 0.1) is 0 Å². The lowest BCUT2D eigenvalue weighted by Crippen LogP contribution is -2.28. The van der Waals surface area contributed by atoms with Crippen LogP contribution >= 0.6 is 0 Å². The Balaban J connectivity index is 1.81. The van der Waals surface area contributed by atoms with Gasteiger partial charge in [-0.25, -0.2) is 0 Å². The van der Waals surface area contributed by atoms with Crippen LogP contribution in [0.25, 0.3) is 0 Å². The van der Waals surface area contributed by atoms with E-state index in [1.807, 2.05) is 0 Å². The molecule has 25 heavy (non-hydrogen) atoms. The van der Waals surface area contributed by atoms with Crippen LogP contribution in [0.15, 0.2) is 30.0 Å². The lowest BCUT2D eigenvalue weighted by atomic mass is 9.97. The van der Waals surface area contributed by atoms with Crippen molar-refractivity contribution in [3.05, 3.63) is 41.2 Å².